The van der Waals surface area contributed by atoms with Gasteiger partial charge in [0.2, 0.25) is 5.91 Å². The quantitative estimate of drug-likeness (QED) is 0.649. The largest absolute Gasteiger partial charge is 0.375 e. The van der Waals surface area contributed by atoms with E-state index in [1.165, 1.54) is 0 Å². The van der Waals surface area contributed by atoms with Crippen molar-refractivity contribution in [3.05, 3.63) is 0 Å². The van der Waals surface area contributed by atoms with Crippen molar-refractivity contribution in [1.29, 1.82) is 0 Å². The number of ether oxygens (including phenoxy) is 1. The fourth-order valence-electron chi connectivity index (χ4n) is 1.98. The molecule has 1 amide bonds. The Morgan fingerprint density at radius 1 is 1.57 bits per heavy atom. The van der Waals surface area contributed by atoms with Crippen molar-refractivity contribution >= 4 is 5.91 Å². The molecule has 0 aromatic heterocycles. The number of rotatable bonds is 4. The minimum absolute atomic E-state index is 0.122. The summed E-state index contributed by atoms with van der Waals surface area (Å²) >= 11 is 0. The van der Waals surface area contributed by atoms with E-state index in [0.29, 0.717) is 6.04 Å². The van der Waals surface area contributed by atoms with Gasteiger partial charge >= 0.3 is 0 Å². The second-order valence-electron chi connectivity index (χ2n) is 4.08. The molecule has 0 spiro atoms. The van der Waals surface area contributed by atoms with Gasteiger partial charge < -0.3 is 14.5 Å². The molecule has 1 rings (SSSR count). The molecule has 82 valence electrons. The third-order valence-electron chi connectivity index (χ3n) is 2.54. The molecule has 0 bridgehead atoms. The zero-order valence-corrected chi connectivity index (χ0v) is 9.32. The monoisotopic (exact) mass is 200 g/mol. The molecule has 1 fully saturated rings. The molecule has 0 radical (unpaired) electrons. The molecule has 0 N–H and O–H groups in total. The van der Waals surface area contributed by atoms with Gasteiger partial charge in [-0.05, 0) is 26.9 Å². The molecule has 1 aliphatic heterocycles. The highest BCUT2D eigenvalue weighted by Gasteiger charge is 2.28. The van der Waals surface area contributed by atoms with E-state index in [0.717, 1.165) is 25.9 Å². The lowest BCUT2D eigenvalue weighted by Gasteiger charge is -2.26. The van der Waals surface area contributed by atoms with E-state index in [-0.39, 0.29) is 12.5 Å². The Balaban J connectivity index is 2.46. The normalized spacial score (nSPS) is 22.0. The fourth-order valence-corrected chi connectivity index (χ4v) is 1.98. The Morgan fingerprint density at radius 3 is 2.86 bits per heavy atom. The molecule has 1 saturated heterocycles. The van der Waals surface area contributed by atoms with Crippen molar-refractivity contribution in [2.75, 3.05) is 40.9 Å². The first-order valence-electron chi connectivity index (χ1n) is 5.08. The van der Waals surface area contributed by atoms with Gasteiger partial charge in [-0.2, -0.15) is 0 Å². The Hall–Kier alpha value is -0.610. The summed E-state index contributed by atoms with van der Waals surface area (Å²) in [6.07, 6.45) is 2.24. The van der Waals surface area contributed by atoms with Crippen molar-refractivity contribution in [2.45, 2.75) is 18.9 Å². The predicted octanol–water partition coefficient (Wildman–Crippen LogP) is 0.185. The van der Waals surface area contributed by atoms with E-state index in [1.54, 1.807) is 7.11 Å². The molecule has 14 heavy (non-hydrogen) atoms. The van der Waals surface area contributed by atoms with E-state index >= 15 is 0 Å². The Morgan fingerprint density at radius 2 is 2.29 bits per heavy atom. The minimum Gasteiger partial charge on any atom is -0.375 e. The SMILES string of the molecule is COCC(=O)N1CCCC1CN(C)C. The molecule has 1 atom stereocenters. The van der Waals surface area contributed by atoms with Crippen LogP contribution in [0.1, 0.15) is 12.8 Å². The van der Waals surface area contributed by atoms with Crippen LogP contribution in [-0.4, -0.2) is 62.7 Å². The number of likely N-dealkylation sites (tertiary alicyclic amines) is 1. The molecule has 0 aliphatic carbocycles. The molecule has 4 nitrogen and oxygen atoms in total. The van der Waals surface area contributed by atoms with Gasteiger partial charge in [-0.1, -0.05) is 0 Å². The Kier molecular flexibility index (Phi) is 4.35. The number of nitrogens with zero attached hydrogens (tertiary/aromatic N) is 2. The molecule has 1 unspecified atom stereocenters. The first kappa shape index (κ1) is 11.5. The average molecular weight is 200 g/mol. The molecule has 0 aromatic rings. The van der Waals surface area contributed by atoms with Gasteiger partial charge in [0, 0.05) is 26.2 Å². The highest BCUT2D eigenvalue weighted by Crippen LogP contribution is 2.17. The van der Waals surface area contributed by atoms with Crippen LogP contribution in [0, 0.1) is 0 Å². The van der Waals surface area contributed by atoms with Crippen LogP contribution < -0.4 is 0 Å². The smallest absolute Gasteiger partial charge is 0.248 e. The highest BCUT2D eigenvalue weighted by molar-refractivity contribution is 5.78. The number of carbonyl (C=O) groups excluding carboxylic acids is 1. The number of hydrogen-bond acceptors (Lipinski definition) is 3. The maximum atomic E-state index is 11.6. The van der Waals surface area contributed by atoms with Crippen molar-refractivity contribution in [3.8, 4) is 0 Å². The van der Waals surface area contributed by atoms with E-state index in [1.807, 2.05) is 19.0 Å². The molecule has 0 aromatic carbocycles. The summed E-state index contributed by atoms with van der Waals surface area (Å²) in [5.41, 5.74) is 0. The number of methoxy groups -OCH3 is 1. The lowest BCUT2D eigenvalue weighted by molar-refractivity contribution is -0.136. The molecule has 4 heteroatoms. The summed E-state index contributed by atoms with van der Waals surface area (Å²) in [4.78, 5) is 15.7. The maximum absolute atomic E-state index is 11.6. The van der Waals surface area contributed by atoms with Gasteiger partial charge in [0.25, 0.3) is 0 Å². The third kappa shape index (κ3) is 2.96. The summed E-state index contributed by atoms with van der Waals surface area (Å²) in [6.45, 7) is 2.06. The maximum Gasteiger partial charge on any atom is 0.248 e. The molecular formula is C10H20N2O2. The fraction of sp³-hybridized carbons (Fsp3) is 0.900. The topological polar surface area (TPSA) is 32.8 Å². The average Bonchev–Trinajstić information content (AvgIpc) is 2.51. The van der Waals surface area contributed by atoms with Gasteiger partial charge in [0.1, 0.15) is 6.61 Å². The van der Waals surface area contributed by atoms with E-state index < -0.39 is 0 Å². The second-order valence-corrected chi connectivity index (χ2v) is 4.08. The number of amides is 1. The van der Waals surface area contributed by atoms with Crippen LogP contribution in [-0.2, 0) is 9.53 Å². The van der Waals surface area contributed by atoms with Gasteiger partial charge in [-0.25, -0.2) is 0 Å². The van der Waals surface area contributed by atoms with Gasteiger partial charge in [-0.3, -0.25) is 4.79 Å². The van der Waals surface area contributed by atoms with Crippen LogP contribution in [0.5, 0.6) is 0 Å². The van der Waals surface area contributed by atoms with Crippen molar-refractivity contribution in [3.63, 3.8) is 0 Å². The second kappa shape index (κ2) is 5.32. The lowest BCUT2D eigenvalue weighted by Crippen LogP contribution is -2.42. The van der Waals surface area contributed by atoms with Crippen LogP contribution >= 0.6 is 0 Å². The van der Waals surface area contributed by atoms with Gasteiger partial charge in [-0.15, -0.1) is 0 Å². The summed E-state index contributed by atoms with van der Waals surface area (Å²) in [6, 6.07) is 0.382. The predicted molar refractivity (Wildman–Crippen MR) is 55.2 cm³/mol. The van der Waals surface area contributed by atoms with E-state index in [4.69, 9.17) is 4.74 Å². The summed E-state index contributed by atoms with van der Waals surface area (Å²) in [5.74, 6) is 0.122. The van der Waals surface area contributed by atoms with Crippen LogP contribution in [0.15, 0.2) is 0 Å². The molecule has 1 heterocycles. The summed E-state index contributed by atoms with van der Waals surface area (Å²) < 4.78 is 4.86. The zero-order chi connectivity index (χ0) is 10.6. The Labute approximate surface area is 85.8 Å². The van der Waals surface area contributed by atoms with Gasteiger partial charge in [0.05, 0.1) is 0 Å². The standard InChI is InChI=1S/C10H20N2O2/c1-11(2)7-9-5-4-6-12(9)10(13)8-14-3/h9H,4-8H2,1-3H3. The number of likely N-dealkylation sites (N-methyl/N-ethyl adjacent to an activating group) is 1. The first-order valence-corrected chi connectivity index (χ1v) is 5.08. The van der Waals surface area contributed by atoms with Crippen LogP contribution in [0.4, 0.5) is 0 Å². The summed E-state index contributed by atoms with van der Waals surface area (Å²) in [7, 11) is 5.64. The highest BCUT2D eigenvalue weighted by atomic mass is 16.5. The third-order valence-corrected chi connectivity index (χ3v) is 2.54. The van der Waals surface area contributed by atoms with Crippen molar-refractivity contribution < 1.29 is 9.53 Å². The molecule has 1 aliphatic rings. The first-order chi connectivity index (χ1) is 6.65. The number of carbonyl (C=O) groups is 1. The van der Waals surface area contributed by atoms with E-state index in [2.05, 4.69) is 4.90 Å². The van der Waals surface area contributed by atoms with E-state index in [9.17, 15) is 4.79 Å². The molecule has 0 saturated carbocycles. The van der Waals surface area contributed by atoms with Crippen LogP contribution in [0.2, 0.25) is 0 Å². The lowest BCUT2D eigenvalue weighted by atomic mass is 10.2. The minimum atomic E-state index is 0.122. The van der Waals surface area contributed by atoms with Crippen LogP contribution in [0.3, 0.4) is 0 Å². The van der Waals surface area contributed by atoms with Crippen LogP contribution in [0.25, 0.3) is 0 Å². The van der Waals surface area contributed by atoms with Gasteiger partial charge in [0.15, 0.2) is 0 Å². The number of hydrogen-bond donors (Lipinski definition) is 0. The zero-order valence-electron chi connectivity index (χ0n) is 9.32. The molecular weight excluding hydrogens is 180 g/mol. The summed E-state index contributed by atoms with van der Waals surface area (Å²) in [5, 5.41) is 0. The van der Waals surface area contributed by atoms with Crippen molar-refractivity contribution in [2.24, 2.45) is 0 Å². The van der Waals surface area contributed by atoms with Crippen molar-refractivity contribution in [1.82, 2.24) is 9.80 Å². The Bertz CT molecular complexity index is 195.